The molecule has 11 heteroatoms. The molecule has 6 rings (SSSR count). The summed E-state index contributed by atoms with van der Waals surface area (Å²) in [6.45, 7) is 11.4. The maximum Gasteiger partial charge on any atom is 0.243 e. The molecule has 224 valence electrons. The van der Waals surface area contributed by atoms with Crippen molar-refractivity contribution >= 4 is 51.0 Å². The van der Waals surface area contributed by atoms with Crippen LogP contribution in [0.1, 0.15) is 63.7 Å². The van der Waals surface area contributed by atoms with Crippen molar-refractivity contribution in [2.75, 3.05) is 19.6 Å². The van der Waals surface area contributed by atoms with Crippen molar-refractivity contribution < 1.29 is 24.0 Å². The number of nitrogens with zero attached hydrogens (tertiary/aromatic N) is 3. The van der Waals surface area contributed by atoms with Gasteiger partial charge < -0.3 is 20.4 Å². The largest absolute Gasteiger partial charge is 0.356 e. The van der Waals surface area contributed by atoms with Gasteiger partial charge in [0.1, 0.15) is 6.04 Å². The summed E-state index contributed by atoms with van der Waals surface area (Å²) in [5.74, 6) is -1.82. The molecule has 3 saturated heterocycles. The Labute approximate surface area is 249 Å². The third kappa shape index (κ3) is 4.89. The van der Waals surface area contributed by atoms with Gasteiger partial charge in [0.15, 0.2) is 5.01 Å². The number of hydrogen-bond acceptors (Lipinski definition) is 7. The molecule has 3 aliphatic heterocycles. The minimum Gasteiger partial charge on any atom is -0.356 e. The van der Waals surface area contributed by atoms with Crippen LogP contribution in [0.15, 0.2) is 24.3 Å². The smallest absolute Gasteiger partial charge is 0.243 e. The normalized spacial score (nSPS) is 29.0. The van der Waals surface area contributed by atoms with Crippen molar-refractivity contribution in [3.63, 3.8) is 0 Å². The molecule has 2 aromatic rings. The zero-order valence-corrected chi connectivity index (χ0v) is 25.6. The number of Topliss-reactive ketones (excluding diaryl/α,β-unsaturated/α-hetero) is 1. The lowest BCUT2D eigenvalue weighted by molar-refractivity contribution is -0.143. The molecule has 0 radical (unpaired) electrons. The summed E-state index contributed by atoms with van der Waals surface area (Å²) in [5.41, 5.74) is 0.207. The molecule has 1 saturated carbocycles. The van der Waals surface area contributed by atoms with Gasteiger partial charge in [-0.3, -0.25) is 24.0 Å². The second-order valence-corrected chi connectivity index (χ2v) is 14.9. The molecule has 4 heterocycles. The topological polar surface area (TPSA) is 129 Å². The Balaban J connectivity index is 1.25. The van der Waals surface area contributed by atoms with Crippen molar-refractivity contribution in [3.05, 3.63) is 29.3 Å². The van der Waals surface area contributed by atoms with E-state index >= 15 is 0 Å². The predicted octanol–water partition coefficient (Wildman–Crippen LogP) is 2.62. The molecule has 0 bridgehead atoms. The maximum absolute atomic E-state index is 14.1. The number of fused-ring (bicyclic) bond motifs is 2. The van der Waals surface area contributed by atoms with E-state index < -0.39 is 29.5 Å². The molecule has 0 spiro atoms. The molecule has 4 aliphatic rings. The fourth-order valence-corrected chi connectivity index (χ4v) is 8.30. The first kappa shape index (κ1) is 28.8. The molecule has 1 aliphatic carbocycles. The quantitative estimate of drug-likeness (QED) is 0.475. The summed E-state index contributed by atoms with van der Waals surface area (Å²) in [5, 5.41) is 6.09. The number of piperidine rings is 1. The molecule has 6 atom stereocenters. The molecule has 3 unspecified atom stereocenters. The number of likely N-dealkylation sites (tertiary alicyclic amines) is 2. The fourth-order valence-electron chi connectivity index (χ4n) is 7.34. The molecule has 1 aromatic carbocycles. The summed E-state index contributed by atoms with van der Waals surface area (Å²) in [6.07, 6.45) is 0.890. The molecular weight excluding hydrogens is 554 g/mol. The SMILES string of the molecule is CC1(C)C2CN(C(=O)[C@@H]3CC(=O)N(C(C)(C)C)C3)C(C(=O)N[C@@H](C[C@@H]3CCNC3=O)C(=O)c3nc4ccccc4s3)C21. The van der Waals surface area contributed by atoms with E-state index in [-0.39, 0.29) is 64.5 Å². The van der Waals surface area contributed by atoms with Crippen LogP contribution in [0.2, 0.25) is 0 Å². The van der Waals surface area contributed by atoms with Crippen LogP contribution in [0.5, 0.6) is 0 Å². The van der Waals surface area contributed by atoms with Crippen LogP contribution < -0.4 is 10.6 Å². The average Bonchev–Trinajstić information content (AvgIpc) is 3.55. The number of nitrogens with one attached hydrogen (secondary N) is 2. The number of rotatable bonds is 7. The number of hydrogen-bond donors (Lipinski definition) is 2. The van der Waals surface area contributed by atoms with Crippen LogP contribution in [0.25, 0.3) is 10.2 Å². The summed E-state index contributed by atoms with van der Waals surface area (Å²) >= 11 is 1.27. The van der Waals surface area contributed by atoms with Crippen molar-refractivity contribution in [1.29, 1.82) is 0 Å². The van der Waals surface area contributed by atoms with Crippen molar-refractivity contribution in [1.82, 2.24) is 25.4 Å². The Hall–Kier alpha value is -3.34. The number of benzene rings is 1. The van der Waals surface area contributed by atoms with Crippen LogP contribution >= 0.6 is 11.3 Å². The number of aromatic nitrogens is 1. The van der Waals surface area contributed by atoms with Gasteiger partial charge in [0.2, 0.25) is 29.4 Å². The van der Waals surface area contributed by atoms with Gasteiger partial charge in [0.25, 0.3) is 0 Å². The van der Waals surface area contributed by atoms with Gasteiger partial charge in [-0.05, 0) is 63.0 Å². The van der Waals surface area contributed by atoms with E-state index in [9.17, 15) is 24.0 Å². The van der Waals surface area contributed by atoms with Gasteiger partial charge >= 0.3 is 0 Å². The van der Waals surface area contributed by atoms with Crippen molar-refractivity contribution in [3.8, 4) is 0 Å². The van der Waals surface area contributed by atoms with Gasteiger partial charge in [-0.2, -0.15) is 0 Å². The fraction of sp³-hybridized carbons (Fsp3) is 0.613. The van der Waals surface area contributed by atoms with Crippen LogP contribution in [0, 0.1) is 29.1 Å². The number of thiazole rings is 1. The third-order valence-electron chi connectivity index (χ3n) is 9.86. The number of para-hydroxylation sites is 1. The lowest BCUT2D eigenvalue weighted by Gasteiger charge is -2.34. The highest BCUT2D eigenvalue weighted by Gasteiger charge is 2.69. The first-order valence-electron chi connectivity index (χ1n) is 14.9. The Morgan fingerprint density at radius 2 is 1.90 bits per heavy atom. The van der Waals surface area contributed by atoms with Gasteiger partial charge in [-0.1, -0.05) is 26.0 Å². The number of amides is 4. The van der Waals surface area contributed by atoms with E-state index in [1.165, 1.54) is 11.3 Å². The van der Waals surface area contributed by atoms with Gasteiger partial charge in [0, 0.05) is 37.5 Å². The number of carbonyl (C=O) groups is 5. The summed E-state index contributed by atoms with van der Waals surface area (Å²) in [4.78, 5) is 75.0. The van der Waals surface area contributed by atoms with Crippen LogP contribution in [0.3, 0.4) is 0 Å². The van der Waals surface area contributed by atoms with Crippen LogP contribution in [-0.2, 0) is 19.2 Å². The Kier molecular flexibility index (Phi) is 6.94. The molecule has 1 aromatic heterocycles. The molecular formula is C31H39N5O5S. The lowest BCUT2D eigenvalue weighted by atomic mass is 9.94. The third-order valence-corrected chi connectivity index (χ3v) is 10.9. The molecule has 42 heavy (non-hydrogen) atoms. The minimum atomic E-state index is -0.950. The molecule has 4 fully saturated rings. The highest BCUT2D eigenvalue weighted by molar-refractivity contribution is 7.20. The molecule has 2 N–H and O–H groups in total. The maximum atomic E-state index is 14.1. The summed E-state index contributed by atoms with van der Waals surface area (Å²) < 4.78 is 0.870. The van der Waals surface area contributed by atoms with Gasteiger partial charge in [-0.25, -0.2) is 4.98 Å². The number of ketones is 1. The zero-order valence-electron chi connectivity index (χ0n) is 24.8. The van der Waals surface area contributed by atoms with E-state index in [0.29, 0.717) is 31.6 Å². The van der Waals surface area contributed by atoms with Gasteiger partial charge in [-0.15, -0.1) is 11.3 Å². The van der Waals surface area contributed by atoms with E-state index in [4.69, 9.17) is 0 Å². The van der Waals surface area contributed by atoms with Gasteiger partial charge in [0.05, 0.1) is 22.2 Å². The predicted molar refractivity (Wildman–Crippen MR) is 157 cm³/mol. The Bertz CT molecular complexity index is 1440. The van der Waals surface area contributed by atoms with E-state index in [1.807, 2.05) is 45.0 Å². The first-order valence-corrected chi connectivity index (χ1v) is 15.7. The second-order valence-electron chi connectivity index (χ2n) is 13.9. The summed E-state index contributed by atoms with van der Waals surface area (Å²) in [7, 11) is 0. The van der Waals surface area contributed by atoms with Crippen LogP contribution in [0.4, 0.5) is 0 Å². The molecule has 10 nitrogen and oxygen atoms in total. The average molecular weight is 594 g/mol. The van der Waals surface area contributed by atoms with E-state index in [0.717, 1.165) is 4.70 Å². The van der Waals surface area contributed by atoms with Crippen LogP contribution in [-0.4, -0.2) is 81.5 Å². The Morgan fingerprint density at radius 3 is 2.55 bits per heavy atom. The van der Waals surface area contributed by atoms with Crippen molar-refractivity contribution in [2.24, 2.45) is 29.1 Å². The molecule has 4 amide bonds. The standard InChI is InChI=1S/C31H39N5O5S/c1-30(2,3)36-14-17(13-22(36)37)29(41)35-15-18-23(31(18,4)5)24(35)27(40)33-20(12-16-10-11-32-26(16)39)25(38)28-34-19-8-6-7-9-21(19)42-28/h6-9,16-18,20,23-24H,10-15H2,1-5H3,(H,32,39)(H,33,40)/t16-,17+,18?,20-,23?,24?/m0/s1. The zero-order chi connectivity index (χ0) is 30.1. The van der Waals surface area contributed by atoms with E-state index in [1.54, 1.807) is 9.80 Å². The highest BCUT2D eigenvalue weighted by Crippen LogP contribution is 2.65. The Morgan fingerprint density at radius 1 is 1.17 bits per heavy atom. The lowest BCUT2D eigenvalue weighted by Crippen LogP contribution is -2.55. The number of carbonyl (C=O) groups excluding carboxylic acids is 5. The highest BCUT2D eigenvalue weighted by atomic mass is 32.1. The monoisotopic (exact) mass is 593 g/mol. The van der Waals surface area contributed by atoms with Crippen molar-refractivity contribution in [2.45, 2.75) is 71.5 Å². The minimum absolute atomic E-state index is 0.0368. The first-order chi connectivity index (χ1) is 19.8. The van der Waals surface area contributed by atoms with E-state index in [2.05, 4.69) is 29.5 Å². The second kappa shape index (κ2) is 10.1. The summed E-state index contributed by atoms with van der Waals surface area (Å²) in [6, 6.07) is 5.79.